The highest BCUT2D eigenvalue weighted by atomic mass is 79.9. The van der Waals surface area contributed by atoms with Crippen molar-refractivity contribution in [3.05, 3.63) is 73.5 Å². The summed E-state index contributed by atoms with van der Waals surface area (Å²) in [6.45, 7) is -0.414. The first-order chi connectivity index (χ1) is 13.0. The minimum Gasteiger partial charge on any atom is -0.394 e. The van der Waals surface area contributed by atoms with Crippen molar-refractivity contribution in [3.8, 4) is 0 Å². The number of aliphatic hydroxyl groups is 2. The Morgan fingerprint density at radius 1 is 1.30 bits per heavy atom. The van der Waals surface area contributed by atoms with Crippen molar-refractivity contribution in [1.29, 1.82) is 0 Å². The van der Waals surface area contributed by atoms with Gasteiger partial charge in [0.1, 0.15) is 12.3 Å². The van der Waals surface area contributed by atoms with Gasteiger partial charge in [0.2, 0.25) is 0 Å². The number of nitrogens with zero attached hydrogens (tertiary/aromatic N) is 2. The molecule has 2 aromatic rings. The summed E-state index contributed by atoms with van der Waals surface area (Å²) in [5, 5.41) is 19.2. The van der Waals surface area contributed by atoms with E-state index in [1.54, 1.807) is 18.2 Å². The molecule has 9 heteroatoms. The van der Waals surface area contributed by atoms with Crippen LogP contribution >= 0.6 is 15.9 Å². The van der Waals surface area contributed by atoms with Crippen LogP contribution in [0.1, 0.15) is 28.6 Å². The zero-order valence-electron chi connectivity index (χ0n) is 14.1. The number of carbonyl (C=O) groups excluding carboxylic acids is 1. The largest absolute Gasteiger partial charge is 0.394 e. The van der Waals surface area contributed by atoms with Crippen LogP contribution in [0.4, 0.5) is 0 Å². The molecule has 27 heavy (non-hydrogen) atoms. The van der Waals surface area contributed by atoms with Crippen LogP contribution in [0.3, 0.4) is 0 Å². The van der Waals surface area contributed by atoms with Crippen LogP contribution in [0.25, 0.3) is 6.08 Å². The van der Waals surface area contributed by atoms with Gasteiger partial charge >= 0.3 is 5.69 Å². The van der Waals surface area contributed by atoms with Gasteiger partial charge in [-0.25, -0.2) is 4.79 Å². The average molecular weight is 437 g/mol. The lowest BCUT2D eigenvalue weighted by molar-refractivity contribution is -0.0462. The van der Waals surface area contributed by atoms with Gasteiger partial charge in [0.15, 0.2) is 0 Å². The van der Waals surface area contributed by atoms with Crippen molar-refractivity contribution in [1.82, 2.24) is 9.13 Å². The summed E-state index contributed by atoms with van der Waals surface area (Å²) in [5.74, 6) is -0.763. The summed E-state index contributed by atoms with van der Waals surface area (Å²) in [4.78, 5) is 39.8. The average Bonchev–Trinajstić information content (AvgIpc) is 3.05. The lowest BCUT2D eigenvalue weighted by Gasteiger charge is -2.17. The molecule has 2 heterocycles. The number of carbonyl (C=O) groups is 1. The maximum absolute atomic E-state index is 12.9. The highest BCUT2D eigenvalue weighted by Gasteiger charge is 2.35. The van der Waals surface area contributed by atoms with Crippen LogP contribution in [-0.2, 0) is 4.74 Å². The van der Waals surface area contributed by atoms with Gasteiger partial charge in [-0.05, 0) is 23.2 Å². The van der Waals surface area contributed by atoms with E-state index in [2.05, 4.69) is 15.9 Å². The molecule has 0 bridgehead atoms. The van der Waals surface area contributed by atoms with Crippen molar-refractivity contribution in [3.63, 3.8) is 0 Å². The molecule has 0 unspecified atom stereocenters. The second-order valence-electron chi connectivity index (χ2n) is 5.99. The summed E-state index contributed by atoms with van der Waals surface area (Å²) in [5.41, 5.74) is -1.38. The van der Waals surface area contributed by atoms with E-state index in [-0.39, 0.29) is 17.5 Å². The van der Waals surface area contributed by atoms with E-state index in [1.807, 2.05) is 0 Å². The maximum Gasteiger partial charge on any atom is 0.340 e. The van der Waals surface area contributed by atoms with Crippen molar-refractivity contribution in [2.75, 3.05) is 6.61 Å². The Hall–Kier alpha value is -2.33. The third kappa shape index (κ3) is 3.72. The van der Waals surface area contributed by atoms with E-state index in [0.29, 0.717) is 4.57 Å². The van der Waals surface area contributed by atoms with Crippen molar-refractivity contribution < 1.29 is 19.7 Å². The highest BCUT2D eigenvalue weighted by Crippen LogP contribution is 2.27. The zero-order valence-corrected chi connectivity index (χ0v) is 15.7. The molecule has 3 atom stereocenters. The van der Waals surface area contributed by atoms with E-state index in [9.17, 15) is 24.6 Å². The Labute approximate surface area is 162 Å². The standard InChI is InChI=1S/C18H17BrN2O6/c19-7-6-12-9-20(15-8-13(23)14(10-22)27-15)18(26)21(17(12)25)16(24)11-4-2-1-3-5-11/h1-7,9,13-15,22-23H,8,10H2/t13-,14+,15+/m0/s1. The molecule has 1 aliphatic rings. The van der Waals surface area contributed by atoms with Crippen molar-refractivity contribution in [2.45, 2.75) is 24.9 Å². The van der Waals surface area contributed by atoms with Crippen molar-refractivity contribution in [2.24, 2.45) is 0 Å². The molecule has 0 aliphatic carbocycles. The van der Waals surface area contributed by atoms with Crippen LogP contribution in [0, 0.1) is 0 Å². The number of aliphatic hydroxyl groups excluding tert-OH is 2. The van der Waals surface area contributed by atoms with Crippen molar-refractivity contribution >= 4 is 27.9 Å². The lowest BCUT2D eigenvalue weighted by atomic mass is 10.2. The van der Waals surface area contributed by atoms with E-state index < -0.39 is 42.2 Å². The highest BCUT2D eigenvalue weighted by molar-refractivity contribution is 9.11. The second-order valence-corrected chi connectivity index (χ2v) is 6.52. The van der Waals surface area contributed by atoms with Gasteiger partial charge in [0.05, 0.1) is 18.3 Å². The minimum atomic E-state index is -0.965. The molecule has 0 radical (unpaired) electrons. The van der Waals surface area contributed by atoms with Gasteiger partial charge in [-0.3, -0.25) is 14.2 Å². The van der Waals surface area contributed by atoms with Gasteiger partial charge < -0.3 is 14.9 Å². The fourth-order valence-electron chi connectivity index (χ4n) is 2.92. The topological polar surface area (TPSA) is 111 Å². The summed E-state index contributed by atoms with van der Waals surface area (Å²) >= 11 is 3.08. The normalized spacial score (nSPS) is 22.4. The fraction of sp³-hybridized carbons (Fsp3) is 0.278. The first-order valence-electron chi connectivity index (χ1n) is 8.17. The Bertz CT molecular complexity index is 982. The number of hydrogen-bond acceptors (Lipinski definition) is 6. The minimum absolute atomic E-state index is 0.0420. The van der Waals surface area contributed by atoms with E-state index >= 15 is 0 Å². The summed E-state index contributed by atoms with van der Waals surface area (Å²) in [7, 11) is 0. The van der Waals surface area contributed by atoms with E-state index in [0.717, 1.165) is 4.57 Å². The Balaban J connectivity index is 2.16. The zero-order chi connectivity index (χ0) is 19.6. The summed E-state index contributed by atoms with van der Waals surface area (Å²) in [6.07, 6.45) is -0.00604. The first-order valence-corrected chi connectivity index (χ1v) is 9.08. The molecule has 1 aromatic heterocycles. The van der Waals surface area contributed by atoms with Crippen LogP contribution in [0.5, 0.6) is 0 Å². The number of rotatable bonds is 4. The molecule has 1 aliphatic heterocycles. The number of halogens is 1. The lowest BCUT2D eigenvalue weighted by Crippen LogP contribution is -2.45. The van der Waals surface area contributed by atoms with Crippen LogP contribution in [0.15, 0.2) is 51.1 Å². The Morgan fingerprint density at radius 2 is 2.00 bits per heavy atom. The summed E-state index contributed by atoms with van der Waals surface area (Å²) in [6, 6.07) is 7.97. The first kappa shape index (κ1) is 19.4. The summed E-state index contributed by atoms with van der Waals surface area (Å²) < 4.78 is 7.13. The third-order valence-corrected chi connectivity index (χ3v) is 4.57. The molecule has 0 spiro atoms. The van der Waals surface area contributed by atoms with E-state index in [4.69, 9.17) is 4.74 Å². The quantitative estimate of drug-likeness (QED) is 0.729. The number of aromatic nitrogens is 2. The van der Waals surface area contributed by atoms with Gasteiger partial charge in [-0.2, -0.15) is 4.57 Å². The maximum atomic E-state index is 12.9. The second kappa shape index (κ2) is 8.13. The van der Waals surface area contributed by atoms with Gasteiger partial charge in [-0.15, -0.1) is 0 Å². The molecule has 142 valence electrons. The SMILES string of the molecule is O=C(c1ccccc1)n1c(=O)c(C=CBr)cn([C@H]2C[C@H](O)[C@@H](CO)O2)c1=O. The molecule has 1 aromatic carbocycles. The molecule has 0 saturated carbocycles. The molecule has 0 amide bonds. The van der Waals surface area contributed by atoms with Gasteiger partial charge in [0.25, 0.3) is 11.5 Å². The number of benzene rings is 1. The molecular weight excluding hydrogens is 420 g/mol. The molecular formula is C18H17BrN2O6. The predicted octanol–water partition coefficient (Wildman–Crippen LogP) is 0.705. The monoisotopic (exact) mass is 436 g/mol. The Morgan fingerprint density at radius 3 is 2.59 bits per heavy atom. The van der Waals surface area contributed by atoms with Crippen LogP contribution in [0.2, 0.25) is 0 Å². The predicted molar refractivity (Wildman–Crippen MR) is 101 cm³/mol. The fourth-order valence-corrected chi connectivity index (χ4v) is 3.20. The molecule has 2 N–H and O–H groups in total. The third-order valence-electron chi connectivity index (χ3n) is 4.30. The molecule has 1 saturated heterocycles. The number of ether oxygens (including phenoxy) is 1. The molecule has 8 nitrogen and oxygen atoms in total. The Kier molecular flexibility index (Phi) is 5.85. The van der Waals surface area contributed by atoms with E-state index in [1.165, 1.54) is 29.4 Å². The molecule has 3 rings (SSSR count). The van der Waals surface area contributed by atoms with Gasteiger partial charge in [0, 0.05) is 18.2 Å². The smallest absolute Gasteiger partial charge is 0.340 e. The van der Waals surface area contributed by atoms with Crippen LogP contribution in [-0.4, -0.2) is 44.1 Å². The van der Waals surface area contributed by atoms with Gasteiger partial charge in [-0.1, -0.05) is 34.1 Å². The number of hydrogen-bond donors (Lipinski definition) is 2. The molecule has 1 fully saturated rings. The van der Waals surface area contributed by atoms with Crippen LogP contribution < -0.4 is 11.2 Å².